The zero-order valence-corrected chi connectivity index (χ0v) is 15.8. The van der Waals surface area contributed by atoms with Crippen LogP contribution in [0.25, 0.3) is 0 Å². The molecule has 0 N–H and O–H groups in total. The third kappa shape index (κ3) is 5.08. The number of aldehydes is 1. The maximum Gasteiger partial charge on any atom is 0.417 e. The first-order chi connectivity index (χ1) is 13.9. The SMILES string of the molecule is N#Cc1ccc(N2CC[C@@H](c3ccc(OCCCC=O)cc3)C2)cc1C(F)(F)F. The van der Waals surface area contributed by atoms with Crippen molar-refractivity contribution in [3.63, 3.8) is 0 Å². The van der Waals surface area contributed by atoms with E-state index in [1.807, 2.05) is 29.2 Å². The molecule has 0 unspecified atom stereocenters. The Labute approximate surface area is 167 Å². The van der Waals surface area contributed by atoms with Crippen molar-refractivity contribution in [2.75, 3.05) is 24.6 Å². The Hall–Kier alpha value is -3.01. The fourth-order valence-corrected chi connectivity index (χ4v) is 3.52. The predicted octanol–water partition coefficient (Wildman–Crippen LogP) is 4.93. The molecular formula is C22H21F3N2O2. The van der Waals surface area contributed by atoms with E-state index < -0.39 is 11.7 Å². The van der Waals surface area contributed by atoms with E-state index in [9.17, 15) is 18.0 Å². The largest absolute Gasteiger partial charge is 0.494 e. The highest BCUT2D eigenvalue weighted by molar-refractivity contribution is 5.56. The second kappa shape index (κ2) is 8.99. The lowest BCUT2D eigenvalue weighted by atomic mass is 9.98. The van der Waals surface area contributed by atoms with E-state index in [4.69, 9.17) is 10.00 Å². The van der Waals surface area contributed by atoms with Gasteiger partial charge in [-0.25, -0.2) is 0 Å². The zero-order chi connectivity index (χ0) is 20.9. The van der Waals surface area contributed by atoms with Crippen LogP contribution >= 0.6 is 0 Å². The van der Waals surface area contributed by atoms with E-state index in [1.54, 1.807) is 12.1 Å². The van der Waals surface area contributed by atoms with Gasteiger partial charge in [-0.15, -0.1) is 0 Å². The predicted molar refractivity (Wildman–Crippen MR) is 103 cm³/mol. The highest BCUT2D eigenvalue weighted by Gasteiger charge is 2.35. The van der Waals surface area contributed by atoms with Gasteiger partial charge in [0.05, 0.1) is 23.8 Å². The molecule has 0 spiro atoms. The van der Waals surface area contributed by atoms with Crippen LogP contribution in [0.4, 0.5) is 18.9 Å². The number of rotatable bonds is 7. The van der Waals surface area contributed by atoms with Crippen molar-refractivity contribution < 1.29 is 22.7 Å². The molecule has 2 aromatic rings. The van der Waals surface area contributed by atoms with Gasteiger partial charge in [0.15, 0.2) is 0 Å². The first-order valence-corrected chi connectivity index (χ1v) is 9.45. The number of alkyl halides is 3. The molecule has 0 saturated carbocycles. The van der Waals surface area contributed by atoms with Crippen LogP contribution in [0.1, 0.15) is 41.9 Å². The molecule has 0 aliphatic carbocycles. The molecule has 3 rings (SSSR count). The summed E-state index contributed by atoms with van der Waals surface area (Å²) in [6, 6.07) is 13.2. The van der Waals surface area contributed by atoms with Crippen LogP contribution in [0, 0.1) is 11.3 Å². The minimum absolute atomic E-state index is 0.212. The molecule has 0 aromatic heterocycles. The summed E-state index contributed by atoms with van der Waals surface area (Å²) in [6.45, 7) is 1.75. The zero-order valence-electron chi connectivity index (χ0n) is 15.8. The van der Waals surface area contributed by atoms with Gasteiger partial charge in [0.25, 0.3) is 0 Å². The average molecular weight is 402 g/mol. The summed E-state index contributed by atoms with van der Waals surface area (Å²) >= 11 is 0. The number of nitrogens with zero attached hydrogens (tertiary/aromatic N) is 2. The topological polar surface area (TPSA) is 53.3 Å². The highest BCUT2D eigenvalue weighted by Crippen LogP contribution is 2.37. The summed E-state index contributed by atoms with van der Waals surface area (Å²) in [5, 5.41) is 8.94. The van der Waals surface area contributed by atoms with Gasteiger partial charge in [0.2, 0.25) is 0 Å². The standard InChI is InChI=1S/C22H21F3N2O2/c23-22(24,25)21-13-19(6-3-17(21)14-26)27-10-9-18(15-27)16-4-7-20(8-5-16)29-12-2-1-11-28/h3-8,11,13,18H,1-2,9-10,12,15H2/t18-/m1/s1. The number of benzene rings is 2. The molecule has 1 aliphatic rings. The summed E-state index contributed by atoms with van der Waals surface area (Å²) < 4.78 is 45.2. The Morgan fingerprint density at radius 2 is 1.97 bits per heavy atom. The van der Waals surface area contributed by atoms with Crippen molar-refractivity contribution in [3.05, 3.63) is 59.2 Å². The lowest BCUT2D eigenvalue weighted by Gasteiger charge is -2.21. The Morgan fingerprint density at radius 3 is 2.62 bits per heavy atom. The number of carbonyl (C=O) groups is 1. The Morgan fingerprint density at radius 1 is 1.21 bits per heavy atom. The van der Waals surface area contributed by atoms with Crippen LogP contribution in [0.2, 0.25) is 0 Å². The average Bonchev–Trinajstić information content (AvgIpc) is 3.21. The summed E-state index contributed by atoms with van der Waals surface area (Å²) in [6.07, 6.45) is -1.71. The number of anilines is 1. The molecular weight excluding hydrogens is 381 g/mol. The maximum atomic E-state index is 13.2. The smallest absolute Gasteiger partial charge is 0.417 e. The minimum Gasteiger partial charge on any atom is -0.494 e. The molecule has 4 nitrogen and oxygen atoms in total. The number of unbranched alkanes of at least 4 members (excludes halogenated alkanes) is 1. The van der Waals surface area contributed by atoms with Crippen LogP contribution in [0.5, 0.6) is 5.75 Å². The quantitative estimate of drug-likeness (QED) is 0.487. The van der Waals surface area contributed by atoms with Crippen LogP contribution in [-0.4, -0.2) is 26.0 Å². The van der Waals surface area contributed by atoms with Crippen molar-refractivity contribution in [3.8, 4) is 11.8 Å². The van der Waals surface area contributed by atoms with Gasteiger partial charge in [-0.1, -0.05) is 12.1 Å². The van der Waals surface area contributed by atoms with Crippen molar-refractivity contribution in [2.45, 2.75) is 31.4 Å². The van der Waals surface area contributed by atoms with Gasteiger partial charge in [-0.2, -0.15) is 18.4 Å². The van der Waals surface area contributed by atoms with Gasteiger partial charge in [0, 0.05) is 31.1 Å². The highest BCUT2D eigenvalue weighted by atomic mass is 19.4. The van der Waals surface area contributed by atoms with Crippen molar-refractivity contribution in [1.29, 1.82) is 5.26 Å². The number of halogens is 3. The van der Waals surface area contributed by atoms with Gasteiger partial charge in [-0.3, -0.25) is 0 Å². The summed E-state index contributed by atoms with van der Waals surface area (Å²) in [4.78, 5) is 12.2. The summed E-state index contributed by atoms with van der Waals surface area (Å²) in [5.74, 6) is 0.945. The third-order valence-corrected chi connectivity index (χ3v) is 5.07. The molecule has 152 valence electrons. The van der Waals surface area contributed by atoms with Crippen LogP contribution < -0.4 is 9.64 Å². The lowest BCUT2D eigenvalue weighted by Crippen LogP contribution is -2.20. The second-order valence-corrected chi connectivity index (χ2v) is 7.00. The van der Waals surface area contributed by atoms with E-state index in [2.05, 4.69) is 0 Å². The van der Waals surface area contributed by atoms with Crippen LogP contribution in [-0.2, 0) is 11.0 Å². The first-order valence-electron chi connectivity index (χ1n) is 9.45. The van der Waals surface area contributed by atoms with Gasteiger partial charge in [-0.05, 0) is 48.7 Å². The molecule has 0 radical (unpaired) electrons. The lowest BCUT2D eigenvalue weighted by molar-refractivity contribution is -0.137. The van der Waals surface area contributed by atoms with E-state index in [0.717, 1.165) is 30.1 Å². The number of carbonyl (C=O) groups excluding carboxylic acids is 1. The monoisotopic (exact) mass is 402 g/mol. The summed E-state index contributed by atoms with van der Waals surface area (Å²) in [5.41, 5.74) is 0.337. The van der Waals surface area contributed by atoms with Crippen LogP contribution in [0.15, 0.2) is 42.5 Å². The minimum atomic E-state index is -4.55. The van der Waals surface area contributed by atoms with E-state index in [0.29, 0.717) is 38.2 Å². The third-order valence-electron chi connectivity index (χ3n) is 5.07. The normalized spacial score (nSPS) is 16.5. The molecule has 0 bridgehead atoms. The number of hydrogen-bond donors (Lipinski definition) is 0. The van der Waals surface area contributed by atoms with E-state index >= 15 is 0 Å². The van der Waals surface area contributed by atoms with Crippen molar-refractivity contribution in [2.24, 2.45) is 0 Å². The molecule has 0 amide bonds. The number of ether oxygens (including phenoxy) is 1. The number of hydrogen-bond acceptors (Lipinski definition) is 4. The van der Waals surface area contributed by atoms with Gasteiger partial charge >= 0.3 is 6.18 Å². The second-order valence-electron chi connectivity index (χ2n) is 7.00. The Balaban J connectivity index is 1.66. The molecule has 1 aliphatic heterocycles. The number of nitriles is 1. The molecule has 29 heavy (non-hydrogen) atoms. The molecule has 1 fully saturated rings. The van der Waals surface area contributed by atoms with Gasteiger partial charge in [0.1, 0.15) is 12.0 Å². The van der Waals surface area contributed by atoms with E-state index in [-0.39, 0.29) is 11.5 Å². The molecule has 2 aromatic carbocycles. The molecule has 1 heterocycles. The molecule has 7 heteroatoms. The van der Waals surface area contributed by atoms with Crippen molar-refractivity contribution in [1.82, 2.24) is 0 Å². The fourth-order valence-electron chi connectivity index (χ4n) is 3.52. The Kier molecular flexibility index (Phi) is 6.42. The molecule has 1 atom stereocenters. The van der Waals surface area contributed by atoms with Crippen LogP contribution in [0.3, 0.4) is 0 Å². The maximum absolute atomic E-state index is 13.2. The van der Waals surface area contributed by atoms with Crippen molar-refractivity contribution >= 4 is 12.0 Å². The fraction of sp³-hybridized carbons (Fsp3) is 0.364. The molecule has 1 saturated heterocycles. The Bertz CT molecular complexity index is 888. The van der Waals surface area contributed by atoms with Gasteiger partial charge < -0.3 is 14.4 Å². The first kappa shape index (κ1) is 20.7. The van der Waals surface area contributed by atoms with E-state index in [1.165, 1.54) is 6.07 Å². The summed E-state index contributed by atoms with van der Waals surface area (Å²) in [7, 11) is 0.